The minimum absolute atomic E-state index is 0.0156. The SMILES string of the molecule is CCCC(NC(=O)N1CCCCCC1)C(N)=S. The summed E-state index contributed by atoms with van der Waals surface area (Å²) in [6.45, 7) is 3.76. The molecule has 1 aliphatic rings. The van der Waals surface area contributed by atoms with Gasteiger partial charge in [-0.15, -0.1) is 0 Å². The summed E-state index contributed by atoms with van der Waals surface area (Å²) in [7, 11) is 0. The number of amides is 2. The van der Waals surface area contributed by atoms with Crippen molar-refractivity contribution in [3.63, 3.8) is 0 Å². The van der Waals surface area contributed by atoms with E-state index in [1.165, 1.54) is 12.8 Å². The minimum atomic E-state index is -0.161. The number of nitrogens with two attached hydrogens (primary N) is 1. The predicted molar refractivity (Wildman–Crippen MR) is 74.1 cm³/mol. The number of carbonyl (C=O) groups is 1. The highest BCUT2D eigenvalue weighted by Gasteiger charge is 2.19. The number of carbonyl (C=O) groups excluding carboxylic acids is 1. The normalized spacial score (nSPS) is 18.3. The van der Waals surface area contributed by atoms with E-state index in [1.807, 2.05) is 4.90 Å². The van der Waals surface area contributed by atoms with Crippen molar-refractivity contribution in [3.8, 4) is 0 Å². The van der Waals surface area contributed by atoms with Crippen LogP contribution in [0.1, 0.15) is 45.4 Å². The predicted octanol–water partition coefficient (Wildman–Crippen LogP) is 2.03. The van der Waals surface area contributed by atoms with Gasteiger partial charge in [0, 0.05) is 13.1 Å². The van der Waals surface area contributed by atoms with Gasteiger partial charge in [-0.2, -0.15) is 0 Å². The van der Waals surface area contributed by atoms with E-state index in [1.54, 1.807) is 0 Å². The van der Waals surface area contributed by atoms with E-state index in [2.05, 4.69) is 12.2 Å². The zero-order valence-electron chi connectivity index (χ0n) is 10.6. The van der Waals surface area contributed by atoms with Crippen molar-refractivity contribution in [2.45, 2.75) is 51.5 Å². The highest BCUT2D eigenvalue weighted by molar-refractivity contribution is 7.80. The molecule has 1 fully saturated rings. The maximum absolute atomic E-state index is 12.0. The van der Waals surface area contributed by atoms with Crippen LogP contribution in [-0.4, -0.2) is 35.1 Å². The van der Waals surface area contributed by atoms with Crippen LogP contribution >= 0.6 is 12.2 Å². The van der Waals surface area contributed by atoms with Crippen LogP contribution in [0.15, 0.2) is 0 Å². The molecule has 0 aromatic carbocycles. The van der Waals surface area contributed by atoms with Crippen LogP contribution in [0.25, 0.3) is 0 Å². The number of hydrogen-bond acceptors (Lipinski definition) is 2. The van der Waals surface area contributed by atoms with Crippen molar-refractivity contribution in [1.29, 1.82) is 0 Å². The number of nitrogens with zero attached hydrogens (tertiary/aromatic N) is 1. The number of thiocarbonyl (C=S) groups is 1. The van der Waals surface area contributed by atoms with Crippen molar-refractivity contribution < 1.29 is 4.79 Å². The van der Waals surface area contributed by atoms with Crippen molar-refractivity contribution >= 4 is 23.2 Å². The Labute approximate surface area is 109 Å². The van der Waals surface area contributed by atoms with Crippen molar-refractivity contribution in [1.82, 2.24) is 10.2 Å². The van der Waals surface area contributed by atoms with Gasteiger partial charge in [0.2, 0.25) is 0 Å². The van der Waals surface area contributed by atoms with Crippen LogP contribution in [0.2, 0.25) is 0 Å². The fraction of sp³-hybridized carbons (Fsp3) is 0.833. The molecule has 17 heavy (non-hydrogen) atoms. The number of urea groups is 1. The zero-order valence-corrected chi connectivity index (χ0v) is 11.4. The molecule has 0 saturated carbocycles. The molecule has 0 aromatic heterocycles. The van der Waals surface area contributed by atoms with Gasteiger partial charge in [0.1, 0.15) is 0 Å². The Morgan fingerprint density at radius 2 is 1.94 bits per heavy atom. The van der Waals surface area contributed by atoms with Gasteiger partial charge in [-0.05, 0) is 19.3 Å². The van der Waals surface area contributed by atoms with Crippen LogP contribution in [0.4, 0.5) is 4.79 Å². The summed E-state index contributed by atoms with van der Waals surface area (Å²) in [4.78, 5) is 14.3. The molecule has 0 spiro atoms. The fourth-order valence-corrected chi connectivity index (χ4v) is 2.27. The fourth-order valence-electron chi connectivity index (χ4n) is 2.09. The quantitative estimate of drug-likeness (QED) is 0.758. The van der Waals surface area contributed by atoms with E-state index in [0.717, 1.165) is 38.8 Å². The van der Waals surface area contributed by atoms with Gasteiger partial charge in [-0.25, -0.2) is 4.79 Å². The molecule has 1 heterocycles. The molecule has 0 radical (unpaired) electrons. The molecule has 1 saturated heterocycles. The number of nitrogens with one attached hydrogen (secondary N) is 1. The highest BCUT2D eigenvalue weighted by Crippen LogP contribution is 2.10. The van der Waals surface area contributed by atoms with Crippen molar-refractivity contribution in [2.24, 2.45) is 5.73 Å². The first-order chi connectivity index (χ1) is 8.15. The maximum atomic E-state index is 12.0. The van der Waals surface area contributed by atoms with Crippen molar-refractivity contribution in [3.05, 3.63) is 0 Å². The third-order valence-corrected chi connectivity index (χ3v) is 3.40. The first-order valence-electron chi connectivity index (χ1n) is 6.50. The lowest BCUT2D eigenvalue weighted by molar-refractivity contribution is 0.198. The van der Waals surface area contributed by atoms with Crippen LogP contribution < -0.4 is 11.1 Å². The van der Waals surface area contributed by atoms with Crippen LogP contribution in [-0.2, 0) is 0 Å². The number of hydrogen-bond donors (Lipinski definition) is 2. The summed E-state index contributed by atoms with van der Waals surface area (Å²) in [6.07, 6.45) is 6.41. The van der Waals surface area contributed by atoms with Gasteiger partial charge in [0.25, 0.3) is 0 Å². The second-order valence-electron chi connectivity index (χ2n) is 4.59. The Morgan fingerprint density at radius 3 is 2.41 bits per heavy atom. The van der Waals surface area contributed by atoms with Gasteiger partial charge >= 0.3 is 6.03 Å². The smallest absolute Gasteiger partial charge is 0.317 e. The highest BCUT2D eigenvalue weighted by atomic mass is 32.1. The average Bonchev–Trinajstić information content (AvgIpc) is 2.56. The molecule has 0 aliphatic carbocycles. The molecule has 1 aliphatic heterocycles. The molecular formula is C12H23N3OS. The molecule has 4 nitrogen and oxygen atoms in total. The maximum Gasteiger partial charge on any atom is 0.317 e. The molecule has 0 bridgehead atoms. The van der Waals surface area contributed by atoms with E-state index in [-0.39, 0.29) is 12.1 Å². The average molecular weight is 257 g/mol. The lowest BCUT2D eigenvalue weighted by Gasteiger charge is -2.24. The van der Waals surface area contributed by atoms with Crippen LogP contribution in [0.3, 0.4) is 0 Å². The lowest BCUT2D eigenvalue weighted by atomic mass is 10.2. The molecule has 3 N–H and O–H groups in total. The van der Waals surface area contributed by atoms with E-state index >= 15 is 0 Å². The lowest BCUT2D eigenvalue weighted by Crippen LogP contribution is -2.49. The van der Waals surface area contributed by atoms with Gasteiger partial charge in [-0.1, -0.05) is 38.4 Å². The van der Waals surface area contributed by atoms with Crippen LogP contribution in [0.5, 0.6) is 0 Å². The van der Waals surface area contributed by atoms with Gasteiger partial charge in [-0.3, -0.25) is 0 Å². The molecule has 1 atom stereocenters. The number of likely N-dealkylation sites (tertiary alicyclic amines) is 1. The molecule has 0 aromatic rings. The summed E-state index contributed by atoms with van der Waals surface area (Å²) in [5, 5.41) is 2.94. The van der Waals surface area contributed by atoms with Gasteiger partial charge < -0.3 is 16.0 Å². The van der Waals surface area contributed by atoms with Gasteiger partial charge in [0.15, 0.2) is 0 Å². The molecule has 1 unspecified atom stereocenters. The summed E-state index contributed by atoms with van der Waals surface area (Å²) in [5.74, 6) is 0. The second-order valence-corrected chi connectivity index (χ2v) is 5.07. The van der Waals surface area contributed by atoms with Crippen LogP contribution in [0, 0.1) is 0 Å². The Morgan fingerprint density at radius 1 is 1.35 bits per heavy atom. The molecule has 5 heteroatoms. The largest absolute Gasteiger partial charge is 0.392 e. The van der Waals surface area contributed by atoms with E-state index in [0.29, 0.717) is 4.99 Å². The van der Waals surface area contributed by atoms with E-state index < -0.39 is 0 Å². The molecule has 2 amide bonds. The minimum Gasteiger partial charge on any atom is -0.392 e. The summed E-state index contributed by atoms with van der Waals surface area (Å²) >= 11 is 4.97. The summed E-state index contributed by atoms with van der Waals surface area (Å²) in [6, 6.07) is -0.177. The van der Waals surface area contributed by atoms with E-state index in [9.17, 15) is 4.79 Å². The third kappa shape index (κ3) is 4.89. The Bertz CT molecular complexity index is 262. The first kappa shape index (κ1) is 14.2. The Kier molecular flexibility index (Phi) is 6.26. The Hall–Kier alpha value is -0.840. The molecule has 98 valence electrons. The molecule has 1 rings (SSSR count). The third-order valence-electron chi connectivity index (χ3n) is 3.11. The van der Waals surface area contributed by atoms with Gasteiger partial charge in [0.05, 0.1) is 11.0 Å². The van der Waals surface area contributed by atoms with E-state index in [4.69, 9.17) is 18.0 Å². The zero-order chi connectivity index (χ0) is 12.7. The summed E-state index contributed by atoms with van der Waals surface area (Å²) < 4.78 is 0. The molecular weight excluding hydrogens is 234 g/mol. The van der Waals surface area contributed by atoms with Crippen molar-refractivity contribution in [2.75, 3.05) is 13.1 Å². The monoisotopic (exact) mass is 257 g/mol. The number of rotatable bonds is 4. The standard InChI is InChI=1S/C12H23N3OS/c1-2-7-10(11(13)17)14-12(16)15-8-5-3-4-6-9-15/h10H,2-9H2,1H3,(H2,13,17)(H,14,16). The first-order valence-corrected chi connectivity index (χ1v) is 6.90. The summed E-state index contributed by atoms with van der Waals surface area (Å²) in [5.41, 5.74) is 5.63. The topological polar surface area (TPSA) is 58.4 Å². The Balaban J connectivity index is 2.47. The second kappa shape index (κ2) is 7.48.